The Kier molecular flexibility index (Phi) is 5.77. The molecule has 37 heavy (non-hydrogen) atoms. The number of imidazole rings is 1. The van der Waals surface area contributed by atoms with Gasteiger partial charge in [0.25, 0.3) is 6.43 Å². The van der Waals surface area contributed by atoms with Crippen molar-refractivity contribution in [2.45, 2.75) is 56.2 Å². The van der Waals surface area contributed by atoms with Crippen LogP contribution in [0, 0.1) is 0 Å². The van der Waals surface area contributed by atoms with Crippen LogP contribution in [0.2, 0.25) is 5.02 Å². The third kappa shape index (κ3) is 3.68. The van der Waals surface area contributed by atoms with Gasteiger partial charge in [-0.15, -0.1) is 0 Å². The lowest BCUT2D eigenvalue weighted by Crippen LogP contribution is -2.48. The topological polar surface area (TPSA) is 132 Å². The van der Waals surface area contributed by atoms with E-state index in [1.165, 1.54) is 24.0 Å². The molecule has 4 N–H and O–H groups in total. The maximum atomic E-state index is 15.0. The third-order valence-electron chi connectivity index (χ3n) is 6.61. The number of rotatable bonds is 7. The van der Waals surface area contributed by atoms with Crippen molar-refractivity contribution in [2.75, 3.05) is 10.6 Å². The second-order valence-corrected chi connectivity index (χ2v) is 9.51. The monoisotopic (exact) mass is 543 g/mol. The molecule has 196 valence electrons. The van der Waals surface area contributed by atoms with Crippen molar-refractivity contribution >= 4 is 40.6 Å². The molecular weight excluding hydrogens is 525 g/mol. The van der Waals surface area contributed by atoms with Gasteiger partial charge < -0.3 is 11.5 Å². The second-order valence-electron chi connectivity index (χ2n) is 9.07. The largest absolute Gasteiger partial charge is 0.383 e. The van der Waals surface area contributed by atoms with Crippen LogP contribution in [0.4, 0.5) is 33.6 Å². The van der Waals surface area contributed by atoms with Crippen LogP contribution in [0.5, 0.6) is 0 Å². The molecule has 4 atom stereocenters. The number of anilines is 2. The first kappa shape index (κ1) is 25.1. The number of halogens is 6. The predicted octanol–water partition coefficient (Wildman–Crippen LogP) is 3.23. The number of alkyl halides is 5. The molecule has 1 saturated carbocycles. The lowest BCUT2D eigenvalue weighted by atomic mass is 9.84. The summed E-state index contributed by atoms with van der Waals surface area (Å²) in [5.74, 6) is -2.82. The molecule has 2 amide bonds. The molecule has 0 radical (unpaired) electrons. The lowest BCUT2D eigenvalue weighted by Gasteiger charge is -2.20. The average molecular weight is 544 g/mol. The van der Waals surface area contributed by atoms with Gasteiger partial charge in [0.2, 0.25) is 11.8 Å². The van der Waals surface area contributed by atoms with Crippen LogP contribution < -0.4 is 16.4 Å². The number of carbonyl (C=O) groups excluding carboxylic acids is 2. The molecule has 1 aliphatic heterocycles. The van der Waals surface area contributed by atoms with Crippen molar-refractivity contribution in [3.05, 3.63) is 34.7 Å². The van der Waals surface area contributed by atoms with Gasteiger partial charge in [-0.2, -0.15) is 0 Å². The standard InChI is InChI=1S/C22H19ClF5N7O2/c1-22(20(30)36)10-16(29)32-17(33-18(10)35(21(22)37)8-3-4-8)14-9-5-2-7(23)6-34(9)19(31-14)13(26)11(24)12(25)15(27)28/h2,5-6,8,11-13,15H,3-4H2,1H3,(H2,30,36)(H2,29,32,33). The van der Waals surface area contributed by atoms with Crippen LogP contribution in [0.25, 0.3) is 17.0 Å². The van der Waals surface area contributed by atoms with E-state index in [-0.39, 0.29) is 45.3 Å². The van der Waals surface area contributed by atoms with Gasteiger partial charge >= 0.3 is 0 Å². The highest BCUT2D eigenvalue weighted by Crippen LogP contribution is 2.48. The summed E-state index contributed by atoms with van der Waals surface area (Å²) < 4.78 is 69.3. The Morgan fingerprint density at radius 3 is 2.41 bits per heavy atom. The Hall–Kier alpha value is -3.55. The molecule has 4 unspecified atom stereocenters. The van der Waals surface area contributed by atoms with E-state index in [0.29, 0.717) is 12.8 Å². The summed E-state index contributed by atoms with van der Waals surface area (Å²) in [6, 6.07) is 2.50. The molecule has 5 rings (SSSR count). The zero-order valence-corrected chi connectivity index (χ0v) is 19.8. The van der Waals surface area contributed by atoms with Crippen LogP contribution >= 0.6 is 11.6 Å². The quantitative estimate of drug-likeness (QED) is 0.347. The van der Waals surface area contributed by atoms with E-state index in [4.69, 9.17) is 23.1 Å². The van der Waals surface area contributed by atoms with Crippen molar-refractivity contribution in [3.63, 3.8) is 0 Å². The van der Waals surface area contributed by atoms with E-state index in [2.05, 4.69) is 15.0 Å². The number of nitrogens with zero attached hydrogens (tertiary/aromatic N) is 5. The second kappa shape index (κ2) is 8.50. The number of pyridine rings is 1. The first-order chi connectivity index (χ1) is 17.4. The molecule has 1 aliphatic carbocycles. The average Bonchev–Trinajstić information content (AvgIpc) is 3.56. The molecule has 0 saturated heterocycles. The minimum atomic E-state index is -3.76. The zero-order valence-electron chi connectivity index (χ0n) is 19.0. The summed E-state index contributed by atoms with van der Waals surface area (Å²) in [5, 5.41) is 0.0584. The number of aromatic nitrogens is 4. The molecule has 0 spiro atoms. The zero-order chi connectivity index (χ0) is 27.0. The Balaban J connectivity index is 1.70. The fourth-order valence-electron chi connectivity index (χ4n) is 4.45. The van der Waals surface area contributed by atoms with Crippen molar-refractivity contribution in [1.82, 2.24) is 19.4 Å². The van der Waals surface area contributed by atoms with Crippen molar-refractivity contribution in [3.8, 4) is 11.5 Å². The number of nitrogens with two attached hydrogens (primary N) is 2. The van der Waals surface area contributed by atoms with Gasteiger partial charge in [-0.25, -0.2) is 36.9 Å². The Labute approximate surface area is 210 Å². The highest BCUT2D eigenvalue weighted by molar-refractivity contribution is 6.30. The number of primary amides is 1. The number of hydrogen-bond donors (Lipinski definition) is 2. The van der Waals surface area contributed by atoms with Gasteiger partial charge in [-0.3, -0.25) is 18.9 Å². The highest BCUT2D eigenvalue weighted by atomic mass is 35.5. The van der Waals surface area contributed by atoms with Crippen LogP contribution in [0.1, 0.15) is 37.3 Å². The molecule has 0 aromatic carbocycles. The summed E-state index contributed by atoms with van der Waals surface area (Å²) >= 11 is 5.99. The maximum absolute atomic E-state index is 15.0. The maximum Gasteiger partial charge on any atom is 0.272 e. The SMILES string of the molecule is CC1(C(N)=O)C(=O)N(C2CC2)c2nc(-c3nc(C(F)C(F)C(F)C(F)F)n4cc(Cl)ccc34)nc(N)c21. The number of amides is 2. The minimum absolute atomic E-state index is 0.0110. The molecule has 1 fully saturated rings. The van der Waals surface area contributed by atoms with Crippen molar-refractivity contribution in [2.24, 2.45) is 5.73 Å². The third-order valence-corrected chi connectivity index (χ3v) is 6.83. The van der Waals surface area contributed by atoms with Gasteiger partial charge in [-0.05, 0) is 31.9 Å². The summed E-state index contributed by atoms with van der Waals surface area (Å²) in [6.07, 6.45) is -10.9. The van der Waals surface area contributed by atoms with Crippen molar-refractivity contribution < 1.29 is 31.5 Å². The highest BCUT2D eigenvalue weighted by Gasteiger charge is 2.58. The van der Waals surface area contributed by atoms with Gasteiger partial charge in [0.05, 0.1) is 16.1 Å². The summed E-state index contributed by atoms with van der Waals surface area (Å²) in [7, 11) is 0. The summed E-state index contributed by atoms with van der Waals surface area (Å²) in [4.78, 5) is 39.4. The van der Waals surface area contributed by atoms with E-state index < -0.39 is 48.0 Å². The smallest absolute Gasteiger partial charge is 0.272 e. The van der Waals surface area contributed by atoms with Crippen molar-refractivity contribution in [1.29, 1.82) is 0 Å². The Bertz CT molecular complexity index is 1450. The Morgan fingerprint density at radius 1 is 1.14 bits per heavy atom. The van der Waals surface area contributed by atoms with E-state index in [9.17, 15) is 27.2 Å². The van der Waals surface area contributed by atoms with Crippen LogP contribution in [-0.2, 0) is 15.0 Å². The van der Waals surface area contributed by atoms with Gasteiger partial charge in [-0.1, -0.05) is 11.6 Å². The van der Waals surface area contributed by atoms with Crippen LogP contribution in [-0.4, -0.2) is 56.0 Å². The molecular formula is C22H19ClF5N7O2. The molecule has 0 bridgehead atoms. The minimum Gasteiger partial charge on any atom is -0.383 e. The molecule has 3 aromatic heterocycles. The van der Waals surface area contributed by atoms with E-state index in [1.807, 2.05) is 0 Å². The molecule has 9 nitrogen and oxygen atoms in total. The summed E-state index contributed by atoms with van der Waals surface area (Å²) in [6.45, 7) is 1.32. The molecule has 3 aromatic rings. The van der Waals surface area contributed by atoms with Gasteiger partial charge in [0.1, 0.15) is 17.3 Å². The van der Waals surface area contributed by atoms with E-state index >= 15 is 4.39 Å². The fourth-order valence-corrected chi connectivity index (χ4v) is 4.62. The first-order valence-corrected chi connectivity index (χ1v) is 11.5. The number of fused-ring (bicyclic) bond motifs is 2. The summed E-state index contributed by atoms with van der Waals surface area (Å²) in [5.41, 5.74) is 9.80. The fraction of sp³-hybridized carbons (Fsp3) is 0.409. The van der Waals surface area contributed by atoms with E-state index in [0.717, 1.165) is 10.6 Å². The van der Waals surface area contributed by atoms with Gasteiger partial charge in [0, 0.05) is 12.2 Å². The van der Waals surface area contributed by atoms with Crippen LogP contribution in [0.3, 0.4) is 0 Å². The number of hydrogen-bond acceptors (Lipinski definition) is 6. The lowest BCUT2D eigenvalue weighted by molar-refractivity contribution is -0.132. The van der Waals surface area contributed by atoms with E-state index in [1.54, 1.807) is 0 Å². The number of carbonyl (C=O) groups is 2. The predicted molar refractivity (Wildman–Crippen MR) is 122 cm³/mol. The number of nitrogen functional groups attached to an aromatic ring is 1. The molecule has 4 heterocycles. The first-order valence-electron chi connectivity index (χ1n) is 11.1. The van der Waals surface area contributed by atoms with Crippen LogP contribution in [0.15, 0.2) is 18.3 Å². The molecule has 15 heteroatoms. The Morgan fingerprint density at radius 2 is 1.81 bits per heavy atom. The molecule has 2 aliphatic rings. The normalized spacial score (nSPS) is 21.9. The van der Waals surface area contributed by atoms with Gasteiger partial charge in [0.15, 0.2) is 35.6 Å².